The van der Waals surface area contributed by atoms with E-state index in [4.69, 9.17) is 9.47 Å². The summed E-state index contributed by atoms with van der Waals surface area (Å²) in [4.78, 5) is 2.44. The molecule has 2 unspecified atom stereocenters. The Bertz CT molecular complexity index is 178. The third-order valence-corrected chi connectivity index (χ3v) is 3.36. The number of nitrogens with zero attached hydrogens (tertiary/aromatic N) is 1. The molecule has 0 aromatic heterocycles. The van der Waals surface area contributed by atoms with Crippen molar-refractivity contribution in [2.24, 2.45) is 0 Å². The van der Waals surface area contributed by atoms with Crippen molar-refractivity contribution in [2.75, 3.05) is 31.6 Å². The van der Waals surface area contributed by atoms with Crippen molar-refractivity contribution in [1.29, 1.82) is 0 Å². The summed E-state index contributed by atoms with van der Waals surface area (Å²) >= 11 is 3.47. The van der Waals surface area contributed by atoms with Gasteiger partial charge in [-0.3, -0.25) is 4.90 Å². The van der Waals surface area contributed by atoms with Gasteiger partial charge >= 0.3 is 0 Å². The topological polar surface area (TPSA) is 21.7 Å². The van der Waals surface area contributed by atoms with E-state index < -0.39 is 0 Å². The first-order valence-electron chi connectivity index (χ1n) is 5.66. The van der Waals surface area contributed by atoms with E-state index in [-0.39, 0.29) is 0 Å². The van der Waals surface area contributed by atoms with Crippen molar-refractivity contribution in [3.63, 3.8) is 0 Å². The maximum Gasteiger partial charge on any atom is 0.0799 e. The van der Waals surface area contributed by atoms with E-state index in [9.17, 15) is 0 Å². The van der Waals surface area contributed by atoms with Crippen LogP contribution in [-0.2, 0) is 9.47 Å². The van der Waals surface area contributed by atoms with Crippen LogP contribution in [0.4, 0.5) is 0 Å². The van der Waals surface area contributed by atoms with Crippen LogP contribution in [-0.4, -0.2) is 54.8 Å². The minimum atomic E-state index is 0.327. The zero-order valence-electron chi connectivity index (χ0n) is 9.91. The fourth-order valence-corrected chi connectivity index (χ4v) is 2.08. The van der Waals surface area contributed by atoms with Crippen LogP contribution in [0.1, 0.15) is 20.8 Å². The quantitative estimate of drug-likeness (QED) is 0.718. The molecule has 1 heterocycles. The molecular formula is C11H22BrNO2. The molecule has 0 bridgehead atoms. The van der Waals surface area contributed by atoms with Gasteiger partial charge in [0.2, 0.25) is 0 Å². The smallest absolute Gasteiger partial charge is 0.0799 e. The number of hydrogen-bond acceptors (Lipinski definition) is 3. The first-order valence-corrected chi connectivity index (χ1v) is 6.78. The van der Waals surface area contributed by atoms with Gasteiger partial charge in [0.05, 0.1) is 25.4 Å². The highest BCUT2D eigenvalue weighted by Gasteiger charge is 2.24. The fraction of sp³-hybridized carbons (Fsp3) is 1.00. The van der Waals surface area contributed by atoms with Crippen molar-refractivity contribution < 1.29 is 9.47 Å². The molecule has 0 spiro atoms. The van der Waals surface area contributed by atoms with E-state index in [0.717, 1.165) is 31.6 Å². The van der Waals surface area contributed by atoms with Crippen molar-refractivity contribution in [3.8, 4) is 0 Å². The largest absolute Gasteiger partial charge is 0.377 e. The summed E-state index contributed by atoms with van der Waals surface area (Å²) in [6.07, 6.45) is 0.661. The summed E-state index contributed by atoms with van der Waals surface area (Å²) < 4.78 is 11.2. The highest BCUT2D eigenvalue weighted by atomic mass is 79.9. The molecule has 0 aromatic carbocycles. The van der Waals surface area contributed by atoms with Gasteiger partial charge in [-0.2, -0.15) is 0 Å². The average Bonchev–Trinajstić information content (AvgIpc) is 2.20. The molecule has 4 heteroatoms. The van der Waals surface area contributed by atoms with Crippen LogP contribution in [0.15, 0.2) is 0 Å². The normalized spacial score (nSPS) is 28.6. The van der Waals surface area contributed by atoms with Gasteiger partial charge in [0.25, 0.3) is 0 Å². The number of halogens is 1. The number of hydrogen-bond donors (Lipinski definition) is 0. The van der Waals surface area contributed by atoms with Crippen LogP contribution >= 0.6 is 15.9 Å². The maximum atomic E-state index is 5.67. The lowest BCUT2D eigenvalue weighted by molar-refractivity contribution is -0.0576. The third kappa shape index (κ3) is 4.81. The second-order valence-electron chi connectivity index (χ2n) is 4.37. The van der Waals surface area contributed by atoms with Crippen LogP contribution in [0, 0.1) is 0 Å². The lowest BCUT2D eigenvalue weighted by atomic mass is 10.2. The Balaban J connectivity index is 2.25. The maximum absolute atomic E-state index is 5.67. The Morgan fingerprint density at radius 3 is 2.87 bits per heavy atom. The molecular weight excluding hydrogens is 258 g/mol. The second kappa shape index (κ2) is 6.84. The zero-order chi connectivity index (χ0) is 11.3. The minimum absolute atomic E-state index is 0.327. The van der Waals surface area contributed by atoms with Crippen LogP contribution in [0.25, 0.3) is 0 Å². The van der Waals surface area contributed by atoms with E-state index in [2.05, 4.69) is 41.6 Å². The van der Waals surface area contributed by atoms with Crippen LogP contribution in [0.2, 0.25) is 0 Å². The first kappa shape index (κ1) is 13.4. The lowest BCUT2D eigenvalue weighted by Crippen LogP contribution is -2.49. The third-order valence-electron chi connectivity index (χ3n) is 2.64. The standard InChI is InChI=1S/C11H22BrNO2/c1-9(2)14-5-4-13-7-11(6-12)15-8-10(13)3/h9-11H,4-8H2,1-3H3. The number of alkyl halides is 1. The van der Waals surface area contributed by atoms with E-state index in [1.807, 2.05) is 0 Å². The second-order valence-corrected chi connectivity index (χ2v) is 5.02. The molecule has 90 valence electrons. The van der Waals surface area contributed by atoms with Gasteiger partial charge in [-0.25, -0.2) is 0 Å². The zero-order valence-corrected chi connectivity index (χ0v) is 11.5. The molecule has 2 atom stereocenters. The fourth-order valence-electron chi connectivity index (χ4n) is 1.69. The molecule has 0 radical (unpaired) electrons. The SMILES string of the molecule is CC(C)OCCN1CC(CBr)OCC1C. The molecule has 1 aliphatic heterocycles. The molecule has 0 N–H and O–H groups in total. The summed E-state index contributed by atoms with van der Waals surface area (Å²) in [5.74, 6) is 0. The molecule has 0 aromatic rings. The molecule has 0 saturated carbocycles. The van der Waals surface area contributed by atoms with Crippen molar-refractivity contribution in [3.05, 3.63) is 0 Å². The molecule has 0 aliphatic carbocycles. The van der Waals surface area contributed by atoms with Gasteiger partial charge in [-0.05, 0) is 20.8 Å². The molecule has 1 aliphatic rings. The molecule has 15 heavy (non-hydrogen) atoms. The minimum Gasteiger partial charge on any atom is -0.377 e. The average molecular weight is 280 g/mol. The van der Waals surface area contributed by atoms with Gasteiger partial charge in [0.1, 0.15) is 0 Å². The Kier molecular flexibility index (Phi) is 6.12. The highest BCUT2D eigenvalue weighted by Crippen LogP contribution is 2.12. The lowest BCUT2D eigenvalue weighted by Gasteiger charge is -2.37. The Hall–Kier alpha value is 0.360. The molecule has 1 saturated heterocycles. The summed E-state index contributed by atoms with van der Waals surface area (Å²) in [5.41, 5.74) is 0. The van der Waals surface area contributed by atoms with Gasteiger partial charge in [-0.15, -0.1) is 0 Å². The molecule has 1 fully saturated rings. The predicted octanol–water partition coefficient (Wildman–Crippen LogP) is 1.90. The van der Waals surface area contributed by atoms with Crippen molar-refractivity contribution in [2.45, 2.75) is 39.0 Å². The molecule has 0 amide bonds. The predicted molar refractivity (Wildman–Crippen MR) is 65.7 cm³/mol. The monoisotopic (exact) mass is 279 g/mol. The van der Waals surface area contributed by atoms with E-state index >= 15 is 0 Å². The van der Waals surface area contributed by atoms with Gasteiger partial charge in [-0.1, -0.05) is 15.9 Å². The van der Waals surface area contributed by atoms with Gasteiger partial charge in [0, 0.05) is 24.5 Å². The van der Waals surface area contributed by atoms with Gasteiger partial charge < -0.3 is 9.47 Å². The van der Waals surface area contributed by atoms with Crippen LogP contribution in [0.5, 0.6) is 0 Å². The number of rotatable bonds is 5. The van der Waals surface area contributed by atoms with E-state index in [1.54, 1.807) is 0 Å². The number of morpholine rings is 1. The Labute approximate surface area is 101 Å². The van der Waals surface area contributed by atoms with Crippen molar-refractivity contribution >= 4 is 15.9 Å². The summed E-state index contributed by atoms with van der Waals surface area (Å²) in [6, 6.07) is 0.510. The molecule has 3 nitrogen and oxygen atoms in total. The summed E-state index contributed by atoms with van der Waals surface area (Å²) in [7, 11) is 0. The van der Waals surface area contributed by atoms with Crippen LogP contribution in [0.3, 0.4) is 0 Å². The van der Waals surface area contributed by atoms with E-state index in [1.165, 1.54) is 0 Å². The summed E-state index contributed by atoms with van der Waals surface area (Å²) in [5, 5.41) is 0.918. The van der Waals surface area contributed by atoms with E-state index in [0.29, 0.717) is 18.2 Å². The number of ether oxygens (including phenoxy) is 2. The van der Waals surface area contributed by atoms with Crippen molar-refractivity contribution in [1.82, 2.24) is 4.90 Å². The Morgan fingerprint density at radius 2 is 2.27 bits per heavy atom. The summed E-state index contributed by atoms with van der Waals surface area (Å²) in [6.45, 7) is 10.0. The van der Waals surface area contributed by atoms with Gasteiger partial charge in [0.15, 0.2) is 0 Å². The molecule has 1 rings (SSSR count). The first-order chi connectivity index (χ1) is 7.13. The van der Waals surface area contributed by atoms with Crippen LogP contribution < -0.4 is 0 Å². The Morgan fingerprint density at radius 1 is 1.53 bits per heavy atom. The highest BCUT2D eigenvalue weighted by molar-refractivity contribution is 9.09.